The van der Waals surface area contributed by atoms with Gasteiger partial charge in [-0.25, -0.2) is 0 Å². The number of ketones is 1. The van der Waals surface area contributed by atoms with Gasteiger partial charge >= 0.3 is 0 Å². The van der Waals surface area contributed by atoms with Crippen LogP contribution in [0.25, 0.3) is 11.1 Å². The van der Waals surface area contributed by atoms with Gasteiger partial charge in [0.25, 0.3) is 0 Å². The zero-order valence-electron chi connectivity index (χ0n) is 8.90. The highest BCUT2D eigenvalue weighted by molar-refractivity contribution is 6.00. The molecule has 0 N–H and O–H groups in total. The van der Waals surface area contributed by atoms with E-state index in [9.17, 15) is 4.79 Å². The summed E-state index contributed by atoms with van der Waals surface area (Å²) < 4.78 is 1.92. The molecule has 2 rings (SSSR count). The standard InChI is InChI=1S/C13H13NO/c1-10(15)12-8-14(2)9-13(12)11-6-4-3-5-7-11/h3-9H,1-2H3. The third kappa shape index (κ3) is 1.84. The molecule has 0 radical (unpaired) electrons. The Balaban J connectivity index is 2.58. The van der Waals surface area contributed by atoms with Crippen LogP contribution in [0.1, 0.15) is 17.3 Å². The summed E-state index contributed by atoms with van der Waals surface area (Å²) >= 11 is 0. The number of aromatic nitrogens is 1. The fourth-order valence-corrected chi connectivity index (χ4v) is 1.71. The third-order valence-electron chi connectivity index (χ3n) is 2.42. The van der Waals surface area contributed by atoms with Gasteiger partial charge in [0.15, 0.2) is 5.78 Å². The number of carbonyl (C=O) groups is 1. The van der Waals surface area contributed by atoms with E-state index < -0.39 is 0 Å². The van der Waals surface area contributed by atoms with Gasteiger partial charge in [-0.3, -0.25) is 4.79 Å². The molecule has 2 aromatic rings. The van der Waals surface area contributed by atoms with Crippen LogP contribution in [-0.4, -0.2) is 10.4 Å². The highest BCUT2D eigenvalue weighted by Crippen LogP contribution is 2.24. The predicted molar refractivity (Wildman–Crippen MR) is 60.9 cm³/mol. The number of aryl methyl sites for hydroxylation is 1. The summed E-state index contributed by atoms with van der Waals surface area (Å²) in [6.07, 6.45) is 3.84. The first-order valence-electron chi connectivity index (χ1n) is 4.91. The number of rotatable bonds is 2. The highest BCUT2D eigenvalue weighted by Gasteiger charge is 2.10. The molecule has 0 atom stereocenters. The molecule has 0 saturated carbocycles. The van der Waals surface area contributed by atoms with Gasteiger partial charge in [-0.05, 0) is 12.5 Å². The zero-order chi connectivity index (χ0) is 10.8. The second-order valence-corrected chi connectivity index (χ2v) is 3.67. The lowest BCUT2D eigenvalue weighted by Crippen LogP contribution is -1.91. The van der Waals surface area contributed by atoms with Crippen molar-refractivity contribution in [2.24, 2.45) is 7.05 Å². The van der Waals surface area contributed by atoms with Crippen molar-refractivity contribution in [1.29, 1.82) is 0 Å². The second kappa shape index (κ2) is 3.73. The monoisotopic (exact) mass is 199 g/mol. The fourth-order valence-electron chi connectivity index (χ4n) is 1.71. The van der Waals surface area contributed by atoms with E-state index in [4.69, 9.17) is 0 Å². The maximum atomic E-state index is 11.4. The Labute approximate surface area is 89.2 Å². The molecule has 15 heavy (non-hydrogen) atoms. The minimum absolute atomic E-state index is 0.106. The molecular weight excluding hydrogens is 186 g/mol. The third-order valence-corrected chi connectivity index (χ3v) is 2.42. The molecule has 0 bridgehead atoms. The fraction of sp³-hybridized carbons (Fsp3) is 0.154. The Morgan fingerprint density at radius 3 is 2.40 bits per heavy atom. The van der Waals surface area contributed by atoms with Gasteiger partial charge in [-0.1, -0.05) is 30.3 Å². The van der Waals surface area contributed by atoms with Crippen molar-refractivity contribution in [3.05, 3.63) is 48.3 Å². The van der Waals surface area contributed by atoms with E-state index in [1.54, 1.807) is 6.92 Å². The van der Waals surface area contributed by atoms with E-state index in [0.717, 1.165) is 16.7 Å². The number of hydrogen-bond acceptors (Lipinski definition) is 1. The molecule has 1 aromatic carbocycles. The van der Waals surface area contributed by atoms with Crippen LogP contribution in [-0.2, 0) is 7.05 Å². The van der Waals surface area contributed by atoms with E-state index in [-0.39, 0.29) is 5.78 Å². The van der Waals surface area contributed by atoms with Crippen molar-refractivity contribution >= 4 is 5.78 Å². The molecule has 0 aliphatic heterocycles. The van der Waals surface area contributed by atoms with Crippen molar-refractivity contribution in [3.8, 4) is 11.1 Å². The zero-order valence-corrected chi connectivity index (χ0v) is 8.90. The van der Waals surface area contributed by atoms with Crippen molar-refractivity contribution in [3.63, 3.8) is 0 Å². The van der Waals surface area contributed by atoms with Crippen LogP contribution < -0.4 is 0 Å². The SMILES string of the molecule is CC(=O)c1cn(C)cc1-c1ccccc1. The summed E-state index contributed by atoms with van der Waals surface area (Å²) in [6.45, 7) is 1.60. The van der Waals surface area contributed by atoms with Crippen LogP contribution >= 0.6 is 0 Å². The summed E-state index contributed by atoms with van der Waals surface area (Å²) in [6, 6.07) is 9.96. The number of nitrogens with zero attached hydrogens (tertiary/aromatic N) is 1. The van der Waals surface area contributed by atoms with Gasteiger partial charge in [0.05, 0.1) is 0 Å². The largest absolute Gasteiger partial charge is 0.356 e. The average molecular weight is 199 g/mol. The van der Waals surface area contributed by atoms with Gasteiger partial charge in [0, 0.05) is 30.6 Å². The molecule has 2 heteroatoms. The number of benzene rings is 1. The lowest BCUT2D eigenvalue weighted by Gasteiger charge is -1.99. The molecule has 0 fully saturated rings. The lowest BCUT2D eigenvalue weighted by atomic mass is 10.0. The predicted octanol–water partition coefficient (Wildman–Crippen LogP) is 2.89. The van der Waals surface area contributed by atoms with Crippen LogP contribution in [0, 0.1) is 0 Å². The van der Waals surface area contributed by atoms with E-state index in [2.05, 4.69) is 0 Å². The van der Waals surface area contributed by atoms with Crippen LogP contribution in [0.4, 0.5) is 0 Å². The second-order valence-electron chi connectivity index (χ2n) is 3.67. The Bertz CT molecular complexity index is 482. The van der Waals surface area contributed by atoms with Crippen LogP contribution in [0.5, 0.6) is 0 Å². The minimum Gasteiger partial charge on any atom is -0.356 e. The molecule has 1 heterocycles. The number of Topliss-reactive ketones (excluding diaryl/α,β-unsaturated/α-hetero) is 1. The van der Waals surface area contributed by atoms with Crippen molar-refractivity contribution in [1.82, 2.24) is 4.57 Å². The van der Waals surface area contributed by atoms with Crippen LogP contribution in [0.3, 0.4) is 0 Å². The molecule has 0 aliphatic rings. The molecule has 1 aromatic heterocycles. The Hall–Kier alpha value is -1.83. The Morgan fingerprint density at radius 2 is 1.80 bits per heavy atom. The highest BCUT2D eigenvalue weighted by atomic mass is 16.1. The van der Waals surface area contributed by atoms with Crippen molar-refractivity contribution < 1.29 is 4.79 Å². The molecule has 0 unspecified atom stereocenters. The van der Waals surface area contributed by atoms with Gasteiger partial charge in [0.2, 0.25) is 0 Å². The Kier molecular flexibility index (Phi) is 2.42. The Morgan fingerprint density at radius 1 is 1.13 bits per heavy atom. The number of hydrogen-bond donors (Lipinski definition) is 0. The van der Waals surface area contributed by atoms with E-state index >= 15 is 0 Å². The van der Waals surface area contributed by atoms with Crippen molar-refractivity contribution in [2.75, 3.05) is 0 Å². The maximum Gasteiger partial charge on any atom is 0.161 e. The molecule has 0 saturated heterocycles. The van der Waals surface area contributed by atoms with E-state index in [1.807, 2.05) is 54.3 Å². The smallest absolute Gasteiger partial charge is 0.161 e. The summed E-state index contributed by atoms with van der Waals surface area (Å²) in [5.41, 5.74) is 2.87. The topological polar surface area (TPSA) is 22.0 Å². The first-order valence-corrected chi connectivity index (χ1v) is 4.91. The molecule has 2 nitrogen and oxygen atoms in total. The molecule has 0 amide bonds. The average Bonchev–Trinajstić information content (AvgIpc) is 2.62. The van der Waals surface area contributed by atoms with Gasteiger partial charge in [-0.15, -0.1) is 0 Å². The van der Waals surface area contributed by atoms with Crippen LogP contribution in [0.15, 0.2) is 42.7 Å². The molecular formula is C13H13NO. The maximum absolute atomic E-state index is 11.4. The van der Waals surface area contributed by atoms with E-state index in [1.165, 1.54) is 0 Å². The summed E-state index contributed by atoms with van der Waals surface area (Å²) in [5.74, 6) is 0.106. The minimum atomic E-state index is 0.106. The van der Waals surface area contributed by atoms with Crippen LogP contribution in [0.2, 0.25) is 0 Å². The first kappa shape index (κ1) is 9.71. The summed E-state index contributed by atoms with van der Waals surface area (Å²) in [4.78, 5) is 11.4. The normalized spacial score (nSPS) is 10.3. The first-order chi connectivity index (χ1) is 7.18. The van der Waals surface area contributed by atoms with Crippen molar-refractivity contribution in [2.45, 2.75) is 6.92 Å². The van der Waals surface area contributed by atoms with E-state index in [0.29, 0.717) is 0 Å². The number of carbonyl (C=O) groups excluding carboxylic acids is 1. The van der Waals surface area contributed by atoms with Gasteiger partial charge in [0.1, 0.15) is 0 Å². The molecule has 0 spiro atoms. The molecule has 0 aliphatic carbocycles. The van der Waals surface area contributed by atoms with Gasteiger partial charge < -0.3 is 4.57 Å². The lowest BCUT2D eigenvalue weighted by molar-refractivity contribution is 0.101. The quantitative estimate of drug-likeness (QED) is 0.682. The molecule has 76 valence electrons. The summed E-state index contributed by atoms with van der Waals surface area (Å²) in [7, 11) is 1.93. The summed E-state index contributed by atoms with van der Waals surface area (Å²) in [5, 5.41) is 0. The van der Waals surface area contributed by atoms with Gasteiger partial charge in [-0.2, -0.15) is 0 Å².